The van der Waals surface area contributed by atoms with Gasteiger partial charge in [0.05, 0.1) is 6.04 Å². The maximum atomic E-state index is 12.7. The predicted molar refractivity (Wildman–Crippen MR) is 122 cm³/mol. The third kappa shape index (κ3) is 5.04. The molecule has 1 aliphatic carbocycles. The molecule has 0 aromatic heterocycles. The van der Waals surface area contributed by atoms with Crippen LogP contribution in [0.1, 0.15) is 52.0 Å². The van der Waals surface area contributed by atoms with E-state index < -0.39 is 0 Å². The van der Waals surface area contributed by atoms with Gasteiger partial charge >= 0.3 is 0 Å². The fraction of sp³-hybridized carbons (Fsp3) is 0.240. The van der Waals surface area contributed by atoms with Crippen LogP contribution < -0.4 is 5.32 Å². The van der Waals surface area contributed by atoms with Crippen molar-refractivity contribution in [2.75, 3.05) is 0 Å². The molecule has 0 unspecified atom stereocenters. The van der Waals surface area contributed by atoms with Gasteiger partial charge in [0.15, 0.2) is 0 Å². The Morgan fingerprint density at radius 2 is 1.72 bits per heavy atom. The lowest BCUT2D eigenvalue weighted by Crippen LogP contribution is -2.26. The van der Waals surface area contributed by atoms with Crippen LogP contribution in [0, 0.1) is 0 Å². The van der Waals surface area contributed by atoms with E-state index in [1.54, 1.807) is 11.8 Å². The number of aryl methyl sites for hydroxylation is 2. The van der Waals surface area contributed by atoms with Gasteiger partial charge in [-0.1, -0.05) is 41.9 Å². The van der Waals surface area contributed by atoms with Gasteiger partial charge in [0.25, 0.3) is 5.91 Å². The van der Waals surface area contributed by atoms with Crippen LogP contribution in [0.15, 0.2) is 71.6 Å². The number of benzene rings is 3. The Bertz CT molecular complexity index is 998. The molecule has 0 saturated heterocycles. The Morgan fingerprint density at radius 1 is 1.00 bits per heavy atom. The zero-order valence-electron chi connectivity index (χ0n) is 16.5. The summed E-state index contributed by atoms with van der Waals surface area (Å²) in [5.41, 5.74) is 5.95. The highest BCUT2D eigenvalue weighted by molar-refractivity contribution is 7.98. The highest BCUT2D eigenvalue weighted by atomic mass is 35.5. The summed E-state index contributed by atoms with van der Waals surface area (Å²) in [5.74, 6) is 0.824. The van der Waals surface area contributed by atoms with E-state index in [0.29, 0.717) is 5.56 Å². The Balaban J connectivity index is 1.34. The van der Waals surface area contributed by atoms with Crippen LogP contribution in [0.25, 0.3) is 0 Å². The van der Waals surface area contributed by atoms with Crippen molar-refractivity contribution in [3.8, 4) is 0 Å². The number of halogens is 1. The lowest BCUT2D eigenvalue weighted by atomic mass is 10.0. The van der Waals surface area contributed by atoms with Gasteiger partial charge in [-0.05, 0) is 84.8 Å². The monoisotopic (exact) mass is 421 g/mol. The van der Waals surface area contributed by atoms with Gasteiger partial charge in [-0.15, -0.1) is 11.8 Å². The zero-order chi connectivity index (χ0) is 20.2. The summed E-state index contributed by atoms with van der Waals surface area (Å²) >= 11 is 7.68. The van der Waals surface area contributed by atoms with E-state index in [0.717, 1.165) is 17.2 Å². The molecule has 29 heavy (non-hydrogen) atoms. The molecule has 0 bridgehead atoms. The molecule has 0 saturated carbocycles. The molecule has 1 amide bonds. The Kier molecular flexibility index (Phi) is 6.27. The Hall–Kier alpha value is -2.23. The highest BCUT2D eigenvalue weighted by Gasteiger charge is 2.15. The number of hydrogen-bond acceptors (Lipinski definition) is 2. The number of rotatable bonds is 6. The van der Waals surface area contributed by atoms with Gasteiger partial charge in [-0.3, -0.25) is 4.79 Å². The number of amides is 1. The maximum absolute atomic E-state index is 12.7. The minimum Gasteiger partial charge on any atom is -0.346 e. The molecule has 1 atom stereocenters. The Labute approximate surface area is 181 Å². The quantitative estimate of drug-likeness (QED) is 0.453. The third-order valence-corrected chi connectivity index (χ3v) is 6.74. The normalized spacial score (nSPS) is 13.7. The molecule has 0 aliphatic heterocycles. The average Bonchev–Trinajstić information content (AvgIpc) is 3.21. The largest absolute Gasteiger partial charge is 0.346 e. The van der Waals surface area contributed by atoms with Gasteiger partial charge in [-0.25, -0.2) is 0 Å². The number of carbonyl (C=O) groups excluding carboxylic acids is 1. The second kappa shape index (κ2) is 9.06. The number of hydrogen-bond donors (Lipinski definition) is 1. The molecule has 1 N–H and O–H groups in total. The summed E-state index contributed by atoms with van der Waals surface area (Å²) in [5, 5.41) is 3.88. The molecule has 0 heterocycles. The molecule has 148 valence electrons. The maximum Gasteiger partial charge on any atom is 0.251 e. The summed E-state index contributed by atoms with van der Waals surface area (Å²) < 4.78 is 0. The Morgan fingerprint density at radius 3 is 2.48 bits per heavy atom. The minimum absolute atomic E-state index is 0.00598. The fourth-order valence-corrected chi connectivity index (χ4v) is 4.65. The van der Waals surface area contributed by atoms with E-state index in [9.17, 15) is 4.79 Å². The number of carbonyl (C=O) groups is 1. The lowest BCUT2D eigenvalue weighted by molar-refractivity contribution is 0.0940. The molecule has 1 aliphatic rings. The standard InChI is InChI=1S/C25H24ClNOS/c1-17(21-10-9-19-3-2-4-22(19)15-21)27-25(28)20-7-5-18(6-8-20)16-29-24-13-11-23(26)12-14-24/h5-15,17H,2-4,16H2,1H3,(H,27,28)/t17-/m1/s1. The van der Waals surface area contributed by atoms with Gasteiger partial charge in [0, 0.05) is 21.2 Å². The smallest absolute Gasteiger partial charge is 0.251 e. The van der Waals surface area contributed by atoms with Crippen molar-refractivity contribution in [3.05, 3.63) is 99.6 Å². The van der Waals surface area contributed by atoms with E-state index >= 15 is 0 Å². The third-order valence-electron chi connectivity index (χ3n) is 5.41. The number of thioether (sulfide) groups is 1. The molecule has 2 nitrogen and oxygen atoms in total. The first-order valence-electron chi connectivity index (χ1n) is 9.98. The molecule has 0 fully saturated rings. The topological polar surface area (TPSA) is 29.1 Å². The minimum atomic E-state index is -0.0325. The first-order chi connectivity index (χ1) is 14.1. The van der Waals surface area contributed by atoms with E-state index in [-0.39, 0.29) is 11.9 Å². The summed E-state index contributed by atoms with van der Waals surface area (Å²) in [6, 6.07) is 22.3. The molecule has 3 aromatic rings. The molecule has 4 rings (SSSR count). The molecule has 0 spiro atoms. The van der Waals surface area contributed by atoms with Gasteiger partial charge in [-0.2, -0.15) is 0 Å². The van der Waals surface area contributed by atoms with Crippen LogP contribution in [0.2, 0.25) is 5.02 Å². The summed E-state index contributed by atoms with van der Waals surface area (Å²) in [6.45, 7) is 2.05. The van der Waals surface area contributed by atoms with Gasteiger partial charge < -0.3 is 5.32 Å². The van der Waals surface area contributed by atoms with E-state index in [2.05, 4.69) is 23.5 Å². The van der Waals surface area contributed by atoms with Crippen molar-refractivity contribution < 1.29 is 4.79 Å². The van der Waals surface area contributed by atoms with E-state index in [1.165, 1.54) is 40.0 Å². The zero-order valence-corrected chi connectivity index (χ0v) is 18.0. The summed E-state index contributed by atoms with van der Waals surface area (Å²) in [4.78, 5) is 13.8. The summed E-state index contributed by atoms with van der Waals surface area (Å²) in [6.07, 6.45) is 3.57. The first kappa shape index (κ1) is 20.1. The van der Waals surface area contributed by atoms with E-state index in [4.69, 9.17) is 11.6 Å². The van der Waals surface area contributed by atoms with Gasteiger partial charge in [0.1, 0.15) is 0 Å². The SMILES string of the molecule is C[C@@H](NC(=O)c1ccc(CSc2ccc(Cl)cc2)cc1)c1ccc2c(c1)CCC2. The average molecular weight is 422 g/mol. The molecule has 3 aromatic carbocycles. The van der Waals surface area contributed by atoms with Crippen LogP contribution in [-0.2, 0) is 18.6 Å². The molecule has 0 radical (unpaired) electrons. The van der Waals surface area contributed by atoms with Crippen LogP contribution in [0.5, 0.6) is 0 Å². The van der Waals surface area contributed by atoms with Crippen LogP contribution in [0.4, 0.5) is 0 Å². The van der Waals surface area contributed by atoms with E-state index in [1.807, 2.05) is 55.5 Å². The first-order valence-corrected chi connectivity index (χ1v) is 11.3. The fourth-order valence-electron chi connectivity index (χ4n) is 3.67. The predicted octanol–water partition coefficient (Wildman–Crippen LogP) is 6.61. The second-order valence-electron chi connectivity index (χ2n) is 7.52. The van der Waals surface area contributed by atoms with Gasteiger partial charge in [0.2, 0.25) is 0 Å². The van der Waals surface area contributed by atoms with Crippen molar-refractivity contribution >= 4 is 29.3 Å². The molecular formula is C25H24ClNOS. The van der Waals surface area contributed by atoms with Crippen LogP contribution in [-0.4, -0.2) is 5.91 Å². The number of fused-ring (bicyclic) bond motifs is 1. The van der Waals surface area contributed by atoms with Crippen molar-refractivity contribution in [2.45, 2.75) is 42.9 Å². The molecular weight excluding hydrogens is 398 g/mol. The summed E-state index contributed by atoms with van der Waals surface area (Å²) in [7, 11) is 0. The highest BCUT2D eigenvalue weighted by Crippen LogP contribution is 2.26. The van der Waals surface area contributed by atoms with Crippen LogP contribution >= 0.6 is 23.4 Å². The van der Waals surface area contributed by atoms with Crippen LogP contribution in [0.3, 0.4) is 0 Å². The van der Waals surface area contributed by atoms with Crippen molar-refractivity contribution in [2.24, 2.45) is 0 Å². The second-order valence-corrected chi connectivity index (χ2v) is 9.00. The van der Waals surface area contributed by atoms with Crippen molar-refractivity contribution in [1.29, 1.82) is 0 Å². The van der Waals surface area contributed by atoms with Crippen molar-refractivity contribution in [3.63, 3.8) is 0 Å². The number of nitrogens with one attached hydrogen (secondary N) is 1. The lowest BCUT2D eigenvalue weighted by Gasteiger charge is -2.16. The van der Waals surface area contributed by atoms with Crippen molar-refractivity contribution in [1.82, 2.24) is 5.32 Å². The molecule has 4 heteroatoms.